The molecule has 1 amide bonds. The molecule has 0 heterocycles. The molecule has 0 bridgehead atoms. The molecule has 0 spiro atoms. The van der Waals surface area contributed by atoms with E-state index in [0.717, 1.165) is 12.8 Å². The van der Waals surface area contributed by atoms with Gasteiger partial charge in [-0.1, -0.05) is 25.7 Å². The van der Waals surface area contributed by atoms with Gasteiger partial charge in [0.15, 0.2) is 0 Å². The van der Waals surface area contributed by atoms with E-state index in [9.17, 15) is 4.79 Å². The van der Waals surface area contributed by atoms with Gasteiger partial charge in [0.1, 0.15) is 0 Å². The zero-order chi connectivity index (χ0) is 9.68. The van der Waals surface area contributed by atoms with Crippen LogP contribution in [0.25, 0.3) is 0 Å². The molecule has 1 saturated carbocycles. The fourth-order valence-electron chi connectivity index (χ4n) is 1.85. The van der Waals surface area contributed by atoms with Crippen molar-refractivity contribution in [3.8, 4) is 0 Å². The Kier molecular flexibility index (Phi) is 4.26. The molecule has 0 aliphatic heterocycles. The van der Waals surface area contributed by atoms with Crippen LogP contribution < -0.4 is 0 Å². The quantitative estimate of drug-likeness (QED) is 0.609. The van der Waals surface area contributed by atoms with E-state index >= 15 is 0 Å². The van der Waals surface area contributed by atoms with Gasteiger partial charge in [-0.25, -0.2) is 0 Å². The highest BCUT2D eigenvalue weighted by molar-refractivity contribution is 5.79. The highest BCUT2D eigenvalue weighted by Crippen LogP contribution is 2.22. The Bertz CT molecular complexity index is 157. The summed E-state index contributed by atoms with van der Waals surface area (Å²) in [4.78, 5) is 13.4. The van der Waals surface area contributed by atoms with Crippen molar-refractivity contribution in [2.75, 3.05) is 14.1 Å². The minimum atomic E-state index is 0.190. The third-order valence-corrected chi connectivity index (χ3v) is 2.68. The lowest BCUT2D eigenvalue weighted by Gasteiger charge is -2.21. The first-order chi connectivity index (χ1) is 6.22. The molecule has 1 fully saturated rings. The van der Waals surface area contributed by atoms with Crippen molar-refractivity contribution in [3.63, 3.8) is 0 Å². The summed E-state index contributed by atoms with van der Waals surface area (Å²) >= 11 is 0. The predicted molar refractivity (Wildman–Crippen MR) is 54.2 cm³/mol. The summed E-state index contributed by atoms with van der Waals surface area (Å²) in [5.41, 5.74) is 0. The number of amides is 1. The number of hydrogen-bond acceptors (Lipinski definition) is 1. The molecule has 13 heavy (non-hydrogen) atoms. The number of rotatable bonds is 1. The molecule has 2 heteroatoms. The largest absolute Gasteiger partial charge is 0.349 e. The van der Waals surface area contributed by atoms with E-state index < -0.39 is 0 Å². The van der Waals surface area contributed by atoms with Gasteiger partial charge in [-0.15, -0.1) is 0 Å². The van der Waals surface area contributed by atoms with E-state index in [1.54, 1.807) is 4.90 Å². The van der Waals surface area contributed by atoms with E-state index in [0.29, 0.717) is 0 Å². The standard InChI is InChI=1S/C11H20NO/c1-12(2)11(13)10-8-6-4-3-5-7-9-10/h8,10H,3-7,9H2,1-2H3. The number of carbonyl (C=O) groups excluding carboxylic acids is 1. The van der Waals surface area contributed by atoms with Gasteiger partial charge in [0.2, 0.25) is 5.91 Å². The zero-order valence-electron chi connectivity index (χ0n) is 8.75. The number of hydrogen-bond donors (Lipinski definition) is 0. The van der Waals surface area contributed by atoms with E-state index in [4.69, 9.17) is 0 Å². The van der Waals surface area contributed by atoms with E-state index in [2.05, 4.69) is 6.42 Å². The smallest absolute Gasteiger partial charge is 0.225 e. The molecule has 1 atom stereocenters. The lowest BCUT2D eigenvalue weighted by Crippen LogP contribution is -2.30. The Labute approximate surface area is 81.3 Å². The van der Waals surface area contributed by atoms with E-state index in [1.165, 1.54) is 25.7 Å². The van der Waals surface area contributed by atoms with Crippen LogP contribution in [-0.4, -0.2) is 24.9 Å². The van der Waals surface area contributed by atoms with Crippen LogP contribution >= 0.6 is 0 Å². The van der Waals surface area contributed by atoms with Gasteiger partial charge in [-0.2, -0.15) is 0 Å². The highest BCUT2D eigenvalue weighted by atomic mass is 16.2. The van der Waals surface area contributed by atoms with Crippen molar-refractivity contribution in [2.45, 2.75) is 38.5 Å². The van der Waals surface area contributed by atoms with Gasteiger partial charge in [0.05, 0.1) is 0 Å². The summed E-state index contributed by atoms with van der Waals surface area (Å²) in [6.07, 6.45) is 9.48. The highest BCUT2D eigenvalue weighted by Gasteiger charge is 2.20. The molecule has 0 aromatic heterocycles. The van der Waals surface area contributed by atoms with Crippen LogP contribution in [-0.2, 0) is 4.79 Å². The Morgan fingerprint density at radius 1 is 1.23 bits per heavy atom. The van der Waals surface area contributed by atoms with Gasteiger partial charge >= 0.3 is 0 Å². The third-order valence-electron chi connectivity index (χ3n) is 2.68. The van der Waals surface area contributed by atoms with Crippen molar-refractivity contribution in [1.29, 1.82) is 0 Å². The maximum atomic E-state index is 11.7. The normalized spacial score (nSPS) is 20.5. The molecule has 0 aromatic rings. The van der Waals surface area contributed by atoms with Crippen molar-refractivity contribution >= 4 is 5.91 Å². The maximum absolute atomic E-state index is 11.7. The second kappa shape index (κ2) is 5.25. The Morgan fingerprint density at radius 3 is 2.62 bits per heavy atom. The number of carbonyl (C=O) groups is 1. The van der Waals surface area contributed by atoms with Gasteiger partial charge in [0.25, 0.3) is 0 Å². The van der Waals surface area contributed by atoms with Gasteiger partial charge < -0.3 is 4.90 Å². The topological polar surface area (TPSA) is 20.3 Å². The molecule has 0 saturated heterocycles. The van der Waals surface area contributed by atoms with Crippen LogP contribution in [0.3, 0.4) is 0 Å². The first-order valence-electron chi connectivity index (χ1n) is 5.26. The zero-order valence-corrected chi connectivity index (χ0v) is 8.75. The van der Waals surface area contributed by atoms with Crippen LogP contribution in [0.2, 0.25) is 0 Å². The van der Waals surface area contributed by atoms with Crippen molar-refractivity contribution in [2.24, 2.45) is 5.92 Å². The Morgan fingerprint density at radius 2 is 1.92 bits per heavy atom. The number of nitrogens with zero attached hydrogens (tertiary/aromatic N) is 1. The molecule has 0 aromatic carbocycles. The third kappa shape index (κ3) is 3.37. The molecule has 1 unspecified atom stereocenters. The molecule has 1 aliphatic carbocycles. The molecular weight excluding hydrogens is 162 g/mol. The molecule has 75 valence electrons. The Hall–Kier alpha value is -0.530. The molecule has 1 rings (SSSR count). The lowest BCUT2D eigenvalue weighted by atomic mass is 9.90. The summed E-state index contributed by atoms with van der Waals surface area (Å²) in [6.45, 7) is 0. The molecule has 1 radical (unpaired) electrons. The van der Waals surface area contributed by atoms with Gasteiger partial charge in [0, 0.05) is 20.0 Å². The second-order valence-electron chi connectivity index (χ2n) is 4.07. The molecule has 0 N–H and O–H groups in total. The molecular formula is C11H20NO. The van der Waals surface area contributed by atoms with E-state index in [1.807, 2.05) is 14.1 Å². The second-order valence-corrected chi connectivity index (χ2v) is 4.07. The minimum absolute atomic E-state index is 0.190. The van der Waals surface area contributed by atoms with Gasteiger partial charge in [-0.3, -0.25) is 4.79 Å². The Balaban J connectivity index is 2.41. The minimum Gasteiger partial charge on any atom is -0.349 e. The summed E-state index contributed by atoms with van der Waals surface area (Å²) in [5, 5.41) is 0. The van der Waals surface area contributed by atoms with Crippen LogP contribution in [0.4, 0.5) is 0 Å². The lowest BCUT2D eigenvalue weighted by molar-refractivity contribution is -0.132. The first kappa shape index (κ1) is 10.6. The van der Waals surface area contributed by atoms with Crippen molar-refractivity contribution < 1.29 is 4.79 Å². The monoisotopic (exact) mass is 182 g/mol. The fourth-order valence-corrected chi connectivity index (χ4v) is 1.85. The van der Waals surface area contributed by atoms with Gasteiger partial charge in [-0.05, 0) is 19.3 Å². The molecule has 2 nitrogen and oxygen atoms in total. The average Bonchev–Trinajstić information content (AvgIpc) is 2.02. The fraction of sp³-hybridized carbons (Fsp3) is 0.818. The van der Waals surface area contributed by atoms with Crippen molar-refractivity contribution in [3.05, 3.63) is 6.42 Å². The summed E-state index contributed by atoms with van der Waals surface area (Å²) < 4.78 is 0. The van der Waals surface area contributed by atoms with E-state index in [-0.39, 0.29) is 11.8 Å². The first-order valence-corrected chi connectivity index (χ1v) is 5.26. The van der Waals surface area contributed by atoms with Crippen LogP contribution in [0.1, 0.15) is 38.5 Å². The van der Waals surface area contributed by atoms with Crippen LogP contribution in [0.5, 0.6) is 0 Å². The SMILES string of the molecule is CN(C)C(=O)C1[CH]CCCCCC1. The maximum Gasteiger partial charge on any atom is 0.225 e. The van der Waals surface area contributed by atoms with Crippen molar-refractivity contribution in [1.82, 2.24) is 4.90 Å². The summed E-state index contributed by atoms with van der Waals surface area (Å²) in [5.74, 6) is 0.470. The average molecular weight is 182 g/mol. The summed E-state index contributed by atoms with van der Waals surface area (Å²) in [7, 11) is 3.68. The van der Waals surface area contributed by atoms with Crippen LogP contribution in [0.15, 0.2) is 0 Å². The molecule has 1 aliphatic rings. The predicted octanol–water partition coefficient (Wildman–Crippen LogP) is 2.25. The van der Waals surface area contributed by atoms with Crippen LogP contribution in [0, 0.1) is 12.3 Å². The summed E-state index contributed by atoms with van der Waals surface area (Å²) in [6, 6.07) is 0.